The van der Waals surface area contributed by atoms with E-state index in [1.165, 1.54) is 39.2 Å². The van der Waals surface area contributed by atoms with E-state index in [1.54, 1.807) is 0 Å². The summed E-state index contributed by atoms with van der Waals surface area (Å²) in [6.45, 7) is 1.04. The third-order valence-corrected chi connectivity index (χ3v) is 3.01. The predicted molar refractivity (Wildman–Crippen MR) is 57.9 cm³/mol. The maximum atomic E-state index is 10.8. The average Bonchev–Trinajstić information content (AvgIpc) is 2.25. The minimum absolute atomic E-state index is 0.238. The van der Waals surface area contributed by atoms with Crippen molar-refractivity contribution >= 4 is 5.97 Å². The standard InChI is InChI=1S/C11H21NO3/c1-15-8-10(11(13)14)12-7-9-5-3-2-4-6-9/h9-10,12H,2-8H2,1H3,(H,13,14). The minimum atomic E-state index is -0.826. The molecule has 1 saturated carbocycles. The second kappa shape index (κ2) is 6.80. The molecule has 4 nitrogen and oxygen atoms in total. The molecule has 1 unspecified atom stereocenters. The summed E-state index contributed by atoms with van der Waals surface area (Å²) in [5.41, 5.74) is 0. The van der Waals surface area contributed by atoms with Gasteiger partial charge in [-0.3, -0.25) is 4.79 Å². The smallest absolute Gasteiger partial charge is 0.323 e. The summed E-state index contributed by atoms with van der Waals surface area (Å²) in [7, 11) is 1.53. The van der Waals surface area contributed by atoms with Gasteiger partial charge in [-0.05, 0) is 25.3 Å². The van der Waals surface area contributed by atoms with Crippen LogP contribution in [0.4, 0.5) is 0 Å². The fourth-order valence-electron chi connectivity index (χ4n) is 2.08. The number of rotatable bonds is 6. The minimum Gasteiger partial charge on any atom is -0.480 e. The molecular weight excluding hydrogens is 194 g/mol. The third kappa shape index (κ3) is 4.62. The van der Waals surface area contributed by atoms with Gasteiger partial charge in [0.1, 0.15) is 6.04 Å². The Morgan fingerprint density at radius 3 is 2.67 bits per heavy atom. The van der Waals surface area contributed by atoms with Crippen molar-refractivity contribution in [2.45, 2.75) is 38.1 Å². The van der Waals surface area contributed by atoms with Crippen molar-refractivity contribution in [2.75, 3.05) is 20.3 Å². The molecule has 0 spiro atoms. The zero-order valence-electron chi connectivity index (χ0n) is 9.37. The highest BCUT2D eigenvalue weighted by atomic mass is 16.5. The van der Waals surface area contributed by atoms with Crippen molar-refractivity contribution in [3.63, 3.8) is 0 Å². The molecule has 0 aromatic rings. The van der Waals surface area contributed by atoms with Crippen LogP contribution in [-0.4, -0.2) is 37.4 Å². The molecule has 0 aromatic heterocycles. The van der Waals surface area contributed by atoms with Crippen LogP contribution in [0.15, 0.2) is 0 Å². The monoisotopic (exact) mass is 215 g/mol. The fourth-order valence-corrected chi connectivity index (χ4v) is 2.08. The Labute approximate surface area is 91.0 Å². The molecule has 0 radical (unpaired) electrons. The van der Waals surface area contributed by atoms with Gasteiger partial charge in [-0.25, -0.2) is 0 Å². The van der Waals surface area contributed by atoms with Gasteiger partial charge in [0, 0.05) is 7.11 Å². The first-order valence-electron chi connectivity index (χ1n) is 5.69. The highest BCUT2D eigenvalue weighted by Crippen LogP contribution is 2.22. The topological polar surface area (TPSA) is 58.6 Å². The summed E-state index contributed by atoms with van der Waals surface area (Å²) in [4.78, 5) is 10.8. The second-order valence-electron chi connectivity index (χ2n) is 4.26. The van der Waals surface area contributed by atoms with Crippen molar-refractivity contribution in [3.8, 4) is 0 Å². The SMILES string of the molecule is COCC(NCC1CCCCC1)C(=O)O. The van der Waals surface area contributed by atoms with Crippen molar-refractivity contribution in [1.82, 2.24) is 5.32 Å². The van der Waals surface area contributed by atoms with Gasteiger partial charge in [0.25, 0.3) is 0 Å². The van der Waals surface area contributed by atoms with Gasteiger partial charge in [0.05, 0.1) is 6.61 Å². The number of ether oxygens (including phenoxy) is 1. The molecule has 1 aliphatic carbocycles. The van der Waals surface area contributed by atoms with E-state index in [2.05, 4.69) is 5.32 Å². The van der Waals surface area contributed by atoms with Gasteiger partial charge in [-0.1, -0.05) is 19.3 Å². The molecule has 88 valence electrons. The fraction of sp³-hybridized carbons (Fsp3) is 0.909. The van der Waals surface area contributed by atoms with Crippen LogP contribution in [0.2, 0.25) is 0 Å². The van der Waals surface area contributed by atoms with Crippen LogP contribution in [0.3, 0.4) is 0 Å². The molecule has 4 heteroatoms. The van der Waals surface area contributed by atoms with Gasteiger partial charge in [-0.15, -0.1) is 0 Å². The number of carbonyl (C=O) groups is 1. The first-order chi connectivity index (χ1) is 7.24. The first kappa shape index (κ1) is 12.5. The Bertz CT molecular complexity index is 190. The Kier molecular flexibility index (Phi) is 5.65. The molecule has 0 saturated heterocycles. The number of hydrogen-bond acceptors (Lipinski definition) is 3. The lowest BCUT2D eigenvalue weighted by Gasteiger charge is -2.23. The zero-order valence-corrected chi connectivity index (χ0v) is 9.37. The largest absolute Gasteiger partial charge is 0.480 e. The molecule has 0 amide bonds. The maximum Gasteiger partial charge on any atom is 0.323 e. The van der Waals surface area contributed by atoms with Crippen molar-refractivity contribution < 1.29 is 14.6 Å². The number of hydrogen-bond donors (Lipinski definition) is 2. The van der Waals surface area contributed by atoms with E-state index in [4.69, 9.17) is 9.84 Å². The van der Waals surface area contributed by atoms with E-state index < -0.39 is 12.0 Å². The highest BCUT2D eigenvalue weighted by molar-refractivity contribution is 5.73. The molecular formula is C11H21NO3. The summed E-state index contributed by atoms with van der Waals surface area (Å²) in [5, 5.41) is 12.0. The number of nitrogens with one attached hydrogen (secondary N) is 1. The summed E-state index contributed by atoms with van der Waals surface area (Å²) in [5.74, 6) is -0.176. The van der Waals surface area contributed by atoms with E-state index in [-0.39, 0.29) is 6.61 Å². The van der Waals surface area contributed by atoms with E-state index in [1.807, 2.05) is 0 Å². The van der Waals surface area contributed by atoms with Crippen LogP contribution in [0.1, 0.15) is 32.1 Å². The Balaban J connectivity index is 2.22. The van der Waals surface area contributed by atoms with Crippen LogP contribution in [0.5, 0.6) is 0 Å². The molecule has 1 atom stereocenters. The van der Waals surface area contributed by atoms with Crippen LogP contribution in [0, 0.1) is 5.92 Å². The van der Waals surface area contributed by atoms with Gasteiger partial charge >= 0.3 is 5.97 Å². The van der Waals surface area contributed by atoms with Crippen LogP contribution >= 0.6 is 0 Å². The van der Waals surface area contributed by atoms with Crippen LogP contribution in [0.25, 0.3) is 0 Å². The molecule has 1 fully saturated rings. The predicted octanol–water partition coefficient (Wildman–Crippen LogP) is 1.26. The van der Waals surface area contributed by atoms with E-state index in [9.17, 15) is 4.79 Å². The Morgan fingerprint density at radius 1 is 1.47 bits per heavy atom. The molecule has 0 aliphatic heterocycles. The maximum absolute atomic E-state index is 10.8. The van der Waals surface area contributed by atoms with Crippen LogP contribution < -0.4 is 5.32 Å². The molecule has 0 aromatic carbocycles. The molecule has 1 aliphatic rings. The molecule has 0 bridgehead atoms. The highest BCUT2D eigenvalue weighted by Gasteiger charge is 2.19. The molecule has 1 rings (SSSR count). The van der Waals surface area contributed by atoms with Crippen molar-refractivity contribution in [1.29, 1.82) is 0 Å². The van der Waals surface area contributed by atoms with Gasteiger partial charge in [0.2, 0.25) is 0 Å². The van der Waals surface area contributed by atoms with E-state index >= 15 is 0 Å². The lowest BCUT2D eigenvalue weighted by atomic mass is 9.89. The van der Waals surface area contributed by atoms with Gasteiger partial charge in [-0.2, -0.15) is 0 Å². The number of aliphatic carboxylic acids is 1. The van der Waals surface area contributed by atoms with Crippen LogP contribution in [-0.2, 0) is 9.53 Å². The lowest BCUT2D eigenvalue weighted by molar-refractivity contribution is -0.140. The summed E-state index contributed by atoms with van der Waals surface area (Å²) in [6.07, 6.45) is 6.36. The lowest BCUT2D eigenvalue weighted by Crippen LogP contribution is -2.42. The molecule has 0 heterocycles. The van der Waals surface area contributed by atoms with E-state index in [0.29, 0.717) is 5.92 Å². The molecule has 2 N–H and O–H groups in total. The summed E-state index contributed by atoms with van der Waals surface area (Å²) in [6, 6.07) is -0.558. The quantitative estimate of drug-likeness (QED) is 0.700. The summed E-state index contributed by atoms with van der Waals surface area (Å²) < 4.78 is 4.86. The Morgan fingerprint density at radius 2 is 2.13 bits per heavy atom. The second-order valence-corrected chi connectivity index (χ2v) is 4.26. The summed E-state index contributed by atoms with van der Waals surface area (Å²) >= 11 is 0. The van der Waals surface area contributed by atoms with E-state index in [0.717, 1.165) is 6.54 Å². The average molecular weight is 215 g/mol. The Hall–Kier alpha value is -0.610. The van der Waals surface area contributed by atoms with Crippen molar-refractivity contribution in [2.24, 2.45) is 5.92 Å². The number of carboxylic acids is 1. The van der Waals surface area contributed by atoms with Crippen molar-refractivity contribution in [3.05, 3.63) is 0 Å². The zero-order chi connectivity index (χ0) is 11.1. The van der Waals surface area contributed by atoms with Gasteiger partial charge < -0.3 is 15.2 Å². The number of methoxy groups -OCH3 is 1. The van der Waals surface area contributed by atoms with Gasteiger partial charge in [0.15, 0.2) is 0 Å². The normalized spacial score (nSPS) is 20.1. The molecule has 15 heavy (non-hydrogen) atoms. The number of carboxylic acid groups (broad SMARTS) is 1. The first-order valence-corrected chi connectivity index (χ1v) is 5.69. The third-order valence-electron chi connectivity index (χ3n) is 3.01.